The van der Waals surface area contributed by atoms with Crippen LogP contribution in [-0.2, 0) is 11.3 Å². The molecule has 1 atom stereocenters. The van der Waals surface area contributed by atoms with E-state index in [1.54, 1.807) is 11.9 Å². The number of likely N-dealkylation sites (N-methyl/N-ethyl adjacent to an activating group) is 1. The highest BCUT2D eigenvalue weighted by Crippen LogP contribution is 2.42. The first-order chi connectivity index (χ1) is 15.0. The number of aromatic nitrogens is 4. The van der Waals surface area contributed by atoms with Crippen LogP contribution in [0.4, 0.5) is 5.82 Å². The summed E-state index contributed by atoms with van der Waals surface area (Å²) in [5, 5.41) is 1.86. The molecule has 7 nitrogen and oxygen atoms in total. The van der Waals surface area contributed by atoms with Gasteiger partial charge >= 0.3 is 0 Å². The van der Waals surface area contributed by atoms with Crippen molar-refractivity contribution in [1.82, 2.24) is 24.4 Å². The Morgan fingerprint density at radius 3 is 2.90 bits per heavy atom. The number of hydrogen-bond donors (Lipinski definition) is 1. The van der Waals surface area contributed by atoms with Gasteiger partial charge in [-0.1, -0.05) is 30.9 Å². The average Bonchev–Trinajstić information content (AvgIpc) is 3.14. The Bertz CT molecular complexity index is 1400. The van der Waals surface area contributed by atoms with Crippen molar-refractivity contribution in [2.24, 2.45) is 0 Å². The number of benzene rings is 1. The first-order valence-corrected chi connectivity index (χ1v) is 10.1. The maximum absolute atomic E-state index is 12.2. The Hall–Kier alpha value is -4.00. The first-order valence-electron chi connectivity index (χ1n) is 10.1. The zero-order chi connectivity index (χ0) is 21.7. The molecule has 3 aromatic heterocycles. The number of allylic oxidation sites excluding steroid dienone is 1. The lowest BCUT2D eigenvalue weighted by molar-refractivity contribution is -0.126. The highest BCUT2D eigenvalue weighted by Gasteiger charge is 2.30. The summed E-state index contributed by atoms with van der Waals surface area (Å²) in [4.78, 5) is 27.4. The van der Waals surface area contributed by atoms with Gasteiger partial charge in [0.2, 0.25) is 5.91 Å². The summed E-state index contributed by atoms with van der Waals surface area (Å²) in [5.74, 6) is 0.303. The van der Waals surface area contributed by atoms with Gasteiger partial charge in [0.15, 0.2) is 0 Å². The Morgan fingerprint density at radius 2 is 2.10 bits per heavy atom. The molecule has 1 aromatic carbocycles. The molecule has 4 heterocycles. The molecule has 1 amide bonds. The zero-order valence-electron chi connectivity index (χ0n) is 17.4. The summed E-state index contributed by atoms with van der Waals surface area (Å²) in [6, 6.07) is 10.0. The van der Waals surface area contributed by atoms with E-state index in [1.807, 2.05) is 37.4 Å². The normalized spacial score (nSPS) is 15.5. The highest BCUT2D eigenvalue weighted by atomic mass is 16.2. The topological polar surface area (TPSA) is 89.9 Å². The van der Waals surface area contributed by atoms with Crippen molar-refractivity contribution in [3.8, 4) is 11.1 Å². The summed E-state index contributed by atoms with van der Waals surface area (Å²) >= 11 is 0. The number of anilines is 1. The molecule has 2 N–H and O–H groups in total. The van der Waals surface area contributed by atoms with E-state index < -0.39 is 0 Å². The van der Waals surface area contributed by atoms with Crippen molar-refractivity contribution in [3.05, 3.63) is 67.3 Å². The number of rotatable bonds is 3. The molecule has 0 radical (unpaired) electrons. The molecule has 1 aliphatic rings. The third-order valence-corrected chi connectivity index (χ3v) is 5.95. The van der Waals surface area contributed by atoms with E-state index in [1.165, 1.54) is 12.4 Å². The standard InChI is InChI=1S/C24H22N6O/c1-4-19(31)29(3)17-9-14(2)22-20(16-10-15-7-5-6-8-18(15)26-11-16)21-23(25)27-13-28-24(21)30(22)12-17/h4-11,13,17H,1,12H2,2-3H3,(H2,25,27,28). The Kier molecular flexibility index (Phi) is 4.32. The van der Waals surface area contributed by atoms with Gasteiger partial charge in [-0.25, -0.2) is 9.97 Å². The number of carbonyl (C=O) groups excluding carboxylic acids is 1. The average molecular weight is 410 g/mol. The predicted octanol–water partition coefficient (Wildman–Crippen LogP) is 3.66. The molecule has 0 saturated carbocycles. The van der Waals surface area contributed by atoms with E-state index in [-0.39, 0.29) is 11.9 Å². The number of nitrogens with zero attached hydrogens (tertiary/aromatic N) is 5. The fraction of sp³-hybridized carbons (Fsp3) is 0.167. The summed E-state index contributed by atoms with van der Waals surface area (Å²) in [6.45, 7) is 6.22. The van der Waals surface area contributed by atoms with E-state index in [0.29, 0.717) is 12.4 Å². The molecule has 4 aromatic rings. The SMILES string of the molecule is C=CC(=O)N(C)C1C=C(C)c2c(-c3cnc4ccccc4c3)c3c(N)ncnc3n2C1. The second-order valence-corrected chi connectivity index (χ2v) is 7.78. The van der Waals surface area contributed by atoms with Gasteiger partial charge in [-0.2, -0.15) is 0 Å². The number of pyridine rings is 1. The molecule has 7 heteroatoms. The monoisotopic (exact) mass is 410 g/mol. The van der Waals surface area contributed by atoms with Crippen molar-refractivity contribution in [3.63, 3.8) is 0 Å². The molecule has 5 rings (SSSR count). The summed E-state index contributed by atoms with van der Waals surface area (Å²) in [7, 11) is 1.78. The van der Waals surface area contributed by atoms with Crippen molar-refractivity contribution < 1.29 is 4.79 Å². The quantitative estimate of drug-likeness (QED) is 0.521. The van der Waals surface area contributed by atoms with Crippen molar-refractivity contribution in [2.45, 2.75) is 19.5 Å². The molecule has 0 aliphatic carbocycles. The smallest absolute Gasteiger partial charge is 0.246 e. The second kappa shape index (κ2) is 7.05. The largest absolute Gasteiger partial charge is 0.383 e. The van der Waals surface area contributed by atoms with Crippen LogP contribution >= 0.6 is 0 Å². The Labute approximate surface area is 179 Å². The van der Waals surface area contributed by atoms with E-state index in [0.717, 1.165) is 44.3 Å². The van der Waals surface area contributed by atoms with Crippen LogP contribution in [0, 0.1) is 0 Å². The minimum atomic E-state index is -0.123. The van der Waals surface area contributed by atoms with E-state index in [2.05, 4.69) is 38.2 Å². The maximum Gasteiger partial charge on any atom is 0.246 e. The van der Waals surface area contributed by atoms with Crippen LogP contribution in [0.1, 0.15) is 12.6 Å². The van der Waals surface area contributed by atoms with Crippen molar-refractivity contribution in [1.29, 1.82) is 0 Å². The van der Waals surface area contributed by atoms with Crippen LogP contribution in [0.3, 0.4) is 0 Å². The van der Waals surface area contributed by atoms with Gasteiger partial charge in [0.25, 0.3) is 0 Å². The third kappa shape index (κ3) is 2.89. The molecule has 0 saturated heterocycles. The fourth-order valence-electron chi connectivity index (χ4n) is 4.42. The van der Waals surface area contributed by atoms with Gasteiger partial charge in [0.1, 0.15) is 17.8 Å². The second-order valence-electron chi connectivity index (χ2n) is 7.78. The third-order valence-electron chi connectivity index (χ3n) is 5.95. The lowest BCUT2D eigenvalue weighted by Gasteiger charge is -2.30. The van der Waals surface area contributed by atoms with Crippen LogP contribution in [0.25, 0.3) is 38.6 Å². The fourth-order valence-corrected chi connectivity index (χ4v) is 4.42. The van der Waals surface area contributed by atoms with E-state index >= 15 is 0 Å². The number of hydrogen-bond acceptors (Lipinski definition) is 5. The molecule has 0 spiro atoms. The summed E-state index contributed by atoms with van der Waals surface area (Å²) < 4.78 is 2.13. The van der Waals surface area contributed by atoms with Crippen LogP contribution in [0.5, 0.6) is 0 Å². The van der Waals surface area contributed by atoms with Gasteiger partial charge in [-0.3, -0.25) is 9.78 Å². The number of carbonyl (C=O) groups is 1. The maximum atomic E-state index is 12.2. The highest BCUT2D eigenvalue weighted by molar-refractivity contribution is 6.07. The summed E-state index contributed by atoms with van der Waals surface area (Å²) in [6.07, 6.45) is 6.79. The number of nitrogens with two attached hydrogens (primary N) is 1. The Balaban J connectivity index is 1.77. The molecule has 1 unspecified atom stereocenters. The van der Waals surface area contributed by atoms with Gasteiger partial charge in [0, 0.05) is 36.3 Å². The van der Waals surface area contributed by atoms with Crippen molar-refractivity contribution in [2.75, 3.05) is 12.8 Å². The van der Waals surface area contributed by atoms with Crippen LogP contribution in [0.2, 0.25) is 0 Å². The Morgan fingerprint density at radius 1 is 1.29 bits per heavy atom. The minimum Gasteiger partial charge on any atom is -0.383 e. The number of nitrogen functional groups attached to an aromatic ring is 1. The lowest BCUT2D eigenvalue weighted by atomic mass is 9.96. The lowest BCUT2D eigenvalue weighted by Crippen LogP contribution is -2.39. The minimum absolute atomic E-state index is 0.118. The number of fused-ring (bicyclic) bond motifs is 4. The number of para-hydroxylation sites is 1. The first kappa shape index (κ1) is 19.0. The molecule has 0 bridgehead atoms. The molecule has 0 fully saturated rings. The van der Waals surface area contributed by atoms with Crippen LogP contribution in [-0.4, -0.2) is 43.4 Å². The summed E-state index contributed by atoms with van der Waals surface area (Å²) in [5.41, 5.74) is 12.0. The predicted molar refractivity (Wildman–Crippen MR) is 123 cm³/mol. The van der Waals surface area contributed by atoms with Crippen LogP contribution < -0.4 is 5.73 Å². The van der Waals surface area contributed by atoms with Crippen LogP contribution in [0.15, 0.2) is 61.6 Å². The zero-order valence-corrected chi connectivity index (χ0v) is 17.4. The number of amides is 1. The van der Waals surface area contributed by atoms with Gasteiger partial charge < -0.3 is 15.2 Å². The van der Waals surface area contributed by atoms with Gasteiger partial charge in [-0.15, -0.1) is 0 Å². The molecule has 154 valence electrons. The van der Waals surface area contributed by atoms with Gasteiger partial charge in [-0.05, 0) is 30.7 Å². The molecular weight excluding hydrogens is 388 g/mol. The molecule has 31 heavy (non-hydrogen) atoms. The molecule has 1 aliphatic heterocycles. The van der Waals surface area contributed by atoms with E-state index in [9.17, 15) is 4.79 Å². The van der Waals surface area contributed by atoms with E-state index in [4.69, 9.17) is 5.73 Å². The van der Waals surface area contributed by atoms with Crippen molar-refractivity contribution >= 4 is 39.2 Å². The molecular formula is C24H22N6O. The van der Waals surface area contributed by atoms with Gasteiger partial charge in [0.05, 0.1) is 22.6 Å².